The van der Waals surface area contributed by atoms with E-state index in [1.807, 2.05) is 18.2 Å². The van der Waals surface area contributed by atoms with E-state index in [1.165, 1.54) is 12.4 Å². The van der Waals surface area contributed by atoms with E-state index >= 15 is 0 Å². The lowest BCUT2D eigenvalue weighted by Gasteiger charge is -2.25. The second-order valence-electron chi connectivity index (χ2n) is 7.91. The van der Waals surface area contributed by atoms with E-state index < -0.39 is 26.6 Å². The van der Waals surface area contributed by atoms with Gasteiger partial charge in [-0.15, -0.1) is 0 Å². The van der Waals surface area contributed by atoms with Gasteiger partial charge in [-0.25, -0.2) is 13.9 Å². The summed E-state index contributed by atoms with van der Waals surface area (Å²) in [4.78, 5) is 12.0. The number of carbonyl (C=O) groups excluding carboxylic acids is 1. The van der Waals surface area contributed by atoms with Gasteiger partial charge in [-0.05, 0) is 49.2 Å². The monoisotopic (exact) mass is 471 g/mol. The Morgan fingerprint density at radius 3 is 2.42 bits per heavy atom. The average molecular weight is 472 g/mol. The number of hydrogen-bond donors (Lipinski definition) is 4. The molecule has 1 heterocycles. The Bertz CT molecular complexity index is 1320. The van der Waals surface area contributed by atoms with Gasteiger partial charge < -0.3 is 10.2 Å². The number of hydrogen-bond acceptors (Lipinski definition) is 7. The summed E-state index contributed by atoms with van der Waals surface area (Å²) in [5.74, 6) is 5.12. The zero-order valence-corrected chi connectivity index (χ0v) is 19.0. The van der Waals surface area contributed by atoms with Gasteiger partial charge in [0.05, 0.1) is 18.3 Å². The van der Waals surface area contributed by atoms with E-state index in [9.17, 15) is 18.3 Å². The standard InChI is InChI=1S/C23H25N3O6S/c1-23(22(29)25-30,33(2,31)32)11-12-26-20-10-7-17(13-19(20)14-24-26)4-3-16-5-8-18(9-6-16)21(28)15-27/h5-10,13-14,21,27-28,30H,11-12,15H2,1-2H3,(H,25,29)/t21-,23+/m0/s1. The molecule has 10 heteroatoms. The zero-order chi connectivity index (χ0) is 24.2. The number of aliphatic hydroxyl groups is 2. The predicted octanol–water partition coefficient (Wildman–Crippen LogP) is 1.16. The van der Waals surface area contributed by atoms with Crippen molar-refractivity contribution in [2.24, 2.45) is 0 Å². The van der Waals surface area contributed by atoms with Crippen LogP contribution in [0.4, 0.5) is 0 Å². The van der Waals surface area contributed by atoms with Crippen LogP contribution in [0.5, 0.6) is 0 Å². The van der Waals surface area contributed by atoms with Crippen LogP contribution in [0, 0.1) is 11.8 Å². The molecule has 0 aliphatic heterocycles. The SMILES string of the molecule is C[C@@](CCn1ncc2cc(C#Cc3ccc([C@@H](O)CO)cc3)ccc21)(C(=O)NO)S(C)(=O)=O. The van der Waals surface area contributed by atoms with Crippen LogP contribution in [-0.2, 0) is 21.2 Å². The Balaban J connectivity index is 1.79. The van der Waals surface area contributed by atoms with Crippen molar-refractivity contribution in [1.29, 1.82) is 0 Å². The fourth-order valence-electron chi connectivity index (χ4n) is 3.29. The number of sulfone groups is 1. The van der Waals surface area contributed by atoms with Crippen molar-refractivity contribution in [2.45, 2.75) is 30.7 Å². The first-order chi connectivity index (χ1) is 15.6. The molecule has 0 saturated carbocycles. The van der Waals surface area contributed by atoms with Crippen molar-refractivity contribution >= 4 is 26.6 Å². The lowest BCUT2D eigenvalue weighted by atomic mass is 10.1. The molecule has 0 radical (unpaired) electrons. The molecule has 0 aliphatic rings. The van der Waals surface area contributed by atoms with Gasteiger partial charge in [-0.1, -0.05) is 24.0 Å². The number of aryl methyl sites for hydroxylation is 1. The zero-order valence-electron chi connectivity index (χ0n) is 18.2. The molecule has 3 rings (SSSR count). The number of hydroxylamine groups is 1. The number of amides is 1. The van der Waals surface area contributed by atoms with E-state index in [4.69, 9.17) is 10.3 Å². The van der Waals surface area contributed by atoms with Gasteiger partial charge in [-0.2, -0.15) is 5.10 Å². The van der Waals surface area contributed by atoms with Gasteiger partial charge in [0, 0.05) is 29.3 Å². The predicted molar refractivity (Wildman–Crippen MR) is 122 cm³/mol. The van der Waals surface area contributed by atoms with Gasteiger partial charge in [-0.3, -0.25) is 14.7 Å². The van der Waals surface area contributed by atoms with Gasteiger partial charge in [0.15, 0.2) is 14.6 Å². The molecule has 0 saturated heterocycles. The summed E-state index contributed by atoms with van der Waals surface area (Å²) < 4.78 is 24.1. The van der Waals surface area contributed by atoms with Crippen LogP contribution in [0.25, 0.3) is 10.9 Å². The highest BCUT2D eigenvalue weighted by Crippen LogP contribution is 2.24. The molecule has 0 unspecified atom stereocenters. The Hall–Kier alpha value is -3.23. The van der Waals surface area contributed by atoms with Gasteiger partial charge in [0.1, 0.15) is 6.10 Å². The maximum atomic E-state index is 12.1. The first-order valence-electron chi connectivity index (χ1n) is 10.1. The lowest BCUT2D eigenvalue weighted by molar-refractivity contribution is -0.131. The van der Waals surface area contributed by atoms with Gasteiger partial charge in [0.2, 0.25) is 0 Å². The molecule has 2 aromatic carbocycles. The summed E-state index contributed by atoms with van der Waals surface area (Å²) in [6.45, 7) is 1.07. The first-order valence-corrected chi connectivity index (χ1v) is 12.0. The van der Waals surface area contributed by atoms with Crippen molar-refractivity contribution in [1.82, 2.24) is 15.3 Å². The van der Waals surface area contributed by atoms with E-state index in [-0.39, 0.29) is 19.6 Å². The third-order valence-corrected chi connectivity index (χ3v) is 7.69. The molecule has 0 spiro atoms. The normalized spacial score (nSPS) is 14.2. The van der Waals surface area contributed by atoms with Crippen LogP contribution >= 0.6 is 0 Å². The molecule has 2 atom stereocenters. The Morgan fingerprint density at radius 2 is 1.82 bits per heavy atom. The fourth-order valence-corrected chi connectivity index (χ4v) is 4.13. The number of fused-ring (bicyclic) bond motifs is 1. The van der Waals surface area contributed by atoms with Gasteiger partial charge in [0.25, 0.3) is 5.91 Å². The van der Waals surface area contributed by atoms with Crippen LogP contribution in [0.2, 0.25) is 0 Å². The lowest BCUT2D eigenvalue weighted by Crippen LogP contribution is -2.49. The van der Waals surface area contributed by atoms with Crippen molar-refractivity contribution < 1.29 is 28.6 Å². The van der Waals surface area contributed by atoms with Crippen molar-refractivity contribution in [2.75, 3.05) is 12.9 Å². The summed E-state index contributed by atoms with van der Waals surface area (Å²) in [5.41, 5.74) is 4.31. The highest BCUT2D eigenvalue weighted by Gasteiger charge is 2.43. The maximum absolute atomic E-state index is 12.1. The van der Waals surface area contributed by atoms with Crippen LogP contribution in [-0.4, -0.2) is 57.1 Å². The van der Waals surface area contributed by atoms with Crippen molar-refractivity contribution in [3.63, 3.8) is 0 Å². The molecule has 0 fully saturated rings. The van der Waals surface area contributed by atoms with Crippen LogP contribution in [0.15, 0.2) is 48.7 Å². The third-order valence-electron chi connectivity index (χ3n) is 5.66. The summed E-state index contributed by atoms with van der Waals surface area (Å²) in [5, 5.41) is 32.7. The number of nitrogens with one attached hydrogen (secondary N) is 1. The molecule has 1 amide bonds. The van der Waals surface area contributed by atoms with Crippen molar-refractivity contribution in [3.05, 3.63) is 65.4 Å². The quantitative estimate of drug-likeness (QED) is 0.230. The number of aromatic nitrogens is 2. The largest absolute Gasteiger partial charge is 0.393 e. The summed E-state index contributed by atoms with van der Waals surface area (Å²) in [6, 6.07) is 12.4. The second kappa shape index (κ2) is 9.72. The minimum atomic E-state index is -3.79. The first kappa shape index (κ1) is 24.4. The smallest absolute Gasteiger partial charge is 0.264 e. The fraction of sp³-hybridized carbons (Fsp3) is 0.304. The molecular formula is C23H25N3O6S. The van der Waals surface area contributed by atoms with Crippen LogP contribution in [0.1, 0.15) is 36.1 Å². The Kier molecular flexibility index (Phi) is 7.19. The molecule has 3 aromatic rings. The topological polar surface area (TPSA) is 142 Å². The van der Waals surface area contributed by atoms with Crippen LogP contribution in [0.3, 0.4) is 0 Å². The van der Waals surface area contributed by atoms with Crippen LogP contribution < -0.4 is 5.48 Å². The average Bonchev–Trinajstić information content (AvgIpc) is 3.21. The van der Waals surface area contributed by atoms with E-state index in [0.29, 0.717) is 5.56 Å². The molecule has 0 bridgehead atoms. The Morgan fingerprint density at radius 1 is 1.18 bits per heavy atom. The summed E-state index contributed by atoms with van der Waals surface area (Å²) in [7, 11) is -3.79. The number of nitrogens with zero attached hydrogens (tertiary/aromatic N) is 2. The van der Waals surface area contributed by atoms with Crippen molar-refractivity contribution in [3.8, 4) is 11.8 Å². The molecule has 33 heavy (non-hydrogen) atoms. The molecule has 174 valence electrons. The highest BCUT2D eigenvalue weighted by atomic mass is 32.2. The van der Waals surface area contributed by atoms with E-state index in [0.717, 1.165) is 28.3 Å². The number of aliphatic hydroxyl groups excluding tert-OH is 2. The maximum Gasteiger partial charge on any atom is 0.264 e. The molecule has 0 aliphatic carbocycles. The number of benzene rings is 2. The molecular weight excluding hydrogens is 446 g/mol. The Labute approximate surface area is 191 Å². The number of rotatable bonds is 7. The minimum Gasteiger partial charge on any atom is -0.393 e. The summed E-state index contributed by atoms with van der Waals surface area (Å²) in [6.07, 6.45) is 1.60. The molecule has 4 N–H and O–H groups in total. The van der Waals surface area contributed by atoms with Gasteiger partial charge >= 0.3 is 0 Å². The minimum absolute atomic E-state index is 0.0719. The second-order valence-corrected chi connectivity index (χ2v) is 10.4. The molecule has 1 aromatic heterocycles. The number of carbonyl (C=O) groups is 1. The highest BCUT2D eigenvalue weighted by molar-refractivity contribution is 7.92. The third kappa shape index (κ3) is 5.23. The van der Waals surface area contributed by atoms with E-state index in [1.54, 1.807) is 35.1 Å². The summed E-state index contributed by atoms with van der Waals surface area (Å²) >= 11 is 0. The molecule has 9 nitrogen and oxygen atoms in total. The van der Waals surface area contributed by atoms with E-state index in [2.05, 4.69) is 16.9 Å².